The summed E-state index contributed by atoms with van der Waals surface area (Å²) in [6.07, 6.45) is 2.07. The molecule has 4 rings (SSSR count). The van der Waals surface area contributed by atoms with Gasteiger partial charge in [-0.05, 0) is 42.3 Å². The molecule has 1 saturated heterocycles. The Hall–Kier alpha value is -2.44. The number of amides is 2. The minimum absolute atomic E-state index is 0.0197. The number of ether oxygens (including phenoxy) is 2. The standard InChI is InChI=1S/C21H20Cl2N2O4/c22-15-5-4-14(11-17(15)25-6-1-3-19(25)26)21(27)24-12-13-9-16(23)20-18(10-13)28-7-2-8-29-20/h4-5,9-11H,1-3,6-8,12H2,(H,24,27). The van der Waals surface area contributed by atoms with Crippen LogP contribution in [0, 0.1) is 0 Å². The summed E-state index contributed by atoms with van der Waals surface area (Å²) in [5.74, 6) is 0.876. The van der Waals surface area contributed by atoms with Gasteiger partial charge in [-0.25, -0.2) is 0 Å². The summed E-state index contributed by atoms with van der Waals surface area (Å²) < 4.78 is 11.3. The number of hydrogen-bond acceptors (Lipinski definition) is 4. The predicted molar refractivity (Wildman–Crippen MR) is 111 cm³/mol. The molecule has 8 heteroatoms. The number of carbonyl (C=O) groups excluding carboxylic acids is 2. The maximum Gasteiger partial charge on any atom is 0.251 e. The fourth-order valence-corrected chi connectivity index (χ4v) is 3.94. The molecule has 0 unspecified atom stereocenters. The van der Waals surface area contributed by atoms with Crippen molar-refractivity contribution >= 4 is 40.7 Å². The predicted octanol–water partition coefficient (Wildman–Crippen LogP) is 4.21. The highest BCUT2D eigenvalue weighted by Gasteiger charge is 2.24. The van der Waals surface area contributed by atoms with Crippen LogP contribution in [0.4, 0.5) is 5.69 Å². The Morgan fingerprint density at radius 2 is 1.90 bits per heavy atom. The molecule has 2 aliphatic heterocycles. The van der Waals surface area contributed by atoms with Gasteiger partial charge in [-0.3, -0.25) is 9.59 Å². The molecule has 0 bridgehead atoms. The lowest BCUT2D eigenvalue weighted by atomic mass is 10.1. The van der Waals surface area contributed by atoms with Gasteiger partial charge < -0.3 is 19.7 Å². The number of benzene rings is 2. The first-order chi connectivity index (χ1) is 14.0. The number of carbonyl (C=O) groups is 2. The molecule has 0 aliphatic carbocycles. The van der Waals surface area contributed by atoms with E-state index in [1.807, 2.05) is 6.07 Å². The molecule has 29 heavy (non-hydrogen) atoms. The Labute approximate surface area is 178 Å². The SMILES string of the molecule is O=C(NCc1cc(Cl)c2c(c1)OCCCO2)c1ccc(Cl)c(N2CCCC2=O)c1. The van der Waals surface area contributed by atoms with E-state index in [0.717, 1.165) is 18.4 Å². The van der Waals surface area contributed by atoms with Gasteiger partial charge in [0.25, 0.3) is 5.91 Å². The zero-order valence-electron chi connectivity index (χ0n) is 15.7. The van der Waals surface area contributed by atoms with Crippen LogP contribution in [0.1, 0.15) is 35.2 Å². The number of nitrogens with one attached hydrogen (secondary N) is 1. The highest BCUT2D eigenvalue weighted by Crippen LogP contribution is 2.38. The highest BCUT2D eigenvalue weighted by molar-refractivity contribution is 6.34. The molecule has 0 aromatic heterocycles. The van der Waals surface area contributed by atoms with Gasteiger partial charge in [0.1, 0.15) is 0 Å². The number of fused-ring (bicyclic) bond motifs is 1. The van der Waals surface area contributed by atoms with Crippen LogP contribution in [0.5, 0.6) is 11.5 Å². The van der Waals surface area contributed by atoms with E-state index in [9.17, 15) is 9.59 Å². The zero-order chi connectivity index (χ0) is 20.4. The third-order valence-electron chi connectivity index (χ3n) is 4.89. The van der Waals surface area contributed by atoms with Crippen molar-refractivity contribution in [3.05, 3.63) is 51.5 Å². The molecule has 2 amide bonds. The quantitative estimate of drug-likeness (QED) is 0.782. The largest absolute Gasteiger partial charge is 0.489 e. The van der Waals surface area contributed by atoms with E-state index in [0.29, 0.717) is 59.0 Å². The molecule has 2 aromatic rings. The average Bonchev–Trinajstić information content (AvgIpc) is 2.98. The fourth-order valence-electron chi connectivity index (χ4n) is 3.43. The van der Waals surface area contributed by atoms with E-state index in [-0.39, 0.29) is 18.4 Å². The van der Waals surface area contributed by atoms with Gasteiger partial charge in [0.2, 0.25) is 5.91 Å². The number of rotatable bonds is 4. The van der Waals surface area contributed by atoms with Crippen LogP contribution in [-0.2, 0) is 11.3 Å². The summed E-state index contributed by atoms with van der Waals surface area (Å²) in [5, 5.41) is 3.78. The monoisotopic (exact) mass is 434 g/mol. The lowest BCUT2D eigenvalue weighted by Gasteiger charge is -2.18. The Bertz CT molecular complexity index is 964. The van der Waals surface area contributed by atoms with Gasteiger partial charge in [0.15, 0.2) is 11.5 Å². The molecule has 2 aromatic carbocycles. The molecule has 2 heterocycles. The first-order valence-electron chi connectivity index (χ1n) is 9.49. The third-order valence-corrected chi connectivity index (χ3v) is 5.49. The Morgan fingerprint density at radius 1 is 1.07 bits per heavy atom. The van der Waals surface area contributed by atoms with Crippen LogP contribution in [0.25, 0.3) is 0 Å². The molecule has 0 saturated carbocycles. The molecule has 0 spiro atoms. The van der Waals surface area contributed by atoms with E-state index in [1.165, 1.54) is 0 Å². The summed E-state index contributed by atoms with van der Waals surface area (Å²) in [5.41, 5.74) is 1.81. The van der Waals surface area contributed by atoms with Crippen molar-refractivity contribution in [2.45, 2.75) is 25.8 Å². The van der Waals surface area contributed by atoms with Crippen molar-refractivity contribution in [1.29, 1.82) is 0 Å². The Balaban J connectivity index is 1.48. The second-order valence-electron chi connectivity index (χ2n) is 6.95. The lowest BCUT2D eigenvalue weighted by molar-refractivity contribution is -0.117. The first-order valence-corrected chi connectivity index (χ1v) is 10.2. The van der Waals surface area contributed by atoms with Crippen molar-refractivity contribution in [2.75, 3.05) is 24.7 Å². The van der Waals surface area contributed by atoms with E-state index in [4.69, 9.17) is 32.7 Å². The van der Waals surface area contributed by atoms with E-state index in [1.54, 1.807) is 29.2 Å². The van der Waals surface area contributed by atoms with Crippen LogP contribution in [0.3, 0.4) is 0 Å². The van der Waals surface area contributed by atoms with Gasteiger partial charge in [0.05, 0.1) is 28.9 Å². The zero-order valence-corrected chi connectivity index (χ0v) is 17.2. The molecule has 152 valence electrons. The lowest BCUT2D eigenvalue weighted by Crippen LogP contribution is -2.26. The van der Waals surface area contributed by atoms with Crippen LogP contribution in [0.2, 0.25) is 10.0 Å². The Kier molecular flexibility index (Phi) is 5.83. The maximum atomic E-state index is 12.7. The van der Waals surface area contributed by atoms with E-state index < -0.39 is 0 Å². The van der Waals surface area contributed by atoms with E-state index >= 15 is 0 Å². The number of anilines is 1. The molecule has 1 N–H and O–H groups in total. The van der Waals surface area contributed by atoms with Crippen molar-refractivity contribution < 1.29 is 19.1 Å². The van der Waals surface area contributed by atoms with Crippen molar-refractivity contribution in [3.63, 3.8) is 0 Å². The van der Waals surface area contributed by atoms with Crippen molar-refractivity contribution in [2.24, 2.45) is 0 Å². The second-order valence-corrected chi connectivity index (χ2v) is 7.77. The summed E-state index contributed by atoms with van der Waals surface area (Å²) in [4.78, 5) is 26.3. The van der Waals surface area contributed by atoms with Crippen LogP contribution < -0.4 is 19.7 Å². The topological polar surface area (TPSA) is 67.9 Å². The van der Waals surface area contributed by atoms with Gasteiger partial charge in [0, 0.05) is 31.5 Å². The number of halogens is 2. The minimum atomic E-state index is -0.266. The van der Waals surface area contributed by atoms with Gasteiger partial charge >= 0.3 is 0 Å². The van der Waals surface area contributed by atoms with Crippen LogP contribution in [0.15, 0.2) is 30.3 Å². The molecule has 1 fully saturated rings. The third kappa shape index (κ3) is 4.28. The molecule has 2 aliphatic rings. The second kappa shape index (κ2) is 8.51. The summed E-state index contributed by atoms with van der Waals surface area (Å²) >= 11 is 12.6. The fraction of sp³-hybridized carbons (Fsp3) is 0.333. The molecule has 0 radical (unpaired) electrons. The molecular formula is C21H20Cl2N2O4. The van der Waals surface area contributed by atoms with Gasteiger partial charge in [-0.2, -0.15) is 0 Å². The number of nitrogens with zero attached hydrogens (tertiary/aromatic N) is 1. The Morgan fingerprint density at radius 3 is 2.69 bits per heavy atom. The molecule has 6 nitrogen and oxygen atoms in total. The molecular weight excluding hydrogens is 415 g/mol. The highest BCUT2D eigenvalue weighted by atomic mass is 35.5. The summed E-state index contributed by atoms with van der Waals surface area (Å²) in [6.45, 7) is 2.00. The number of hydrogen-bond donors (Lipinski definition) is 1. The smallest absolute Gasteiger partial charge is 0.251 e. The summed E-state index contributed by atoms with van der Waals surface area (Å²) in [7, 11) is 0. The van der Waals surface area contributed by atoms with Crippen LogP contribution in [-0.4, -0.2) is 31.6 Å². The first kappa shape index (κ1) is 19.9. The minimum Gasteiger partial charge on any atom is -0.489 e. The van der Waals surface area contributed by atoms with Crippen molar-refractivity contribution in [1.82, 2.24) is 5.32 Å². The van der Waals surface area contributed by atoms with E-state index in [2.05, 4.69) is 5.32 Å². The normalized spacial score (nSPS) is 15.9. The van der Waals surface area contributed by atoms with Gasteiger partial charge in [-0.1, -0.05) is 23.2 Å². The van der Waals surface area contributed by atoms with Gasteiger partial charge in [-0.15, -0.1) is 0 Å². The van der Waals surface area contributed by atoms with Crippen molar-refractivity contribution in [3.8, 4) is 11.5 Å². The summed E-state index contributed by atoms with van der Waals surface area (Å²) in [6, 6.07) is 8.51. The average molecular weight is 435 g/mol. The van der Waals surface area contributed by atoms with Crippen LogP contribution >= 0.6 is 23.2 Å². The molecule has 0 atom stereocenters. The maximum absolute atomic E-state index is 12.7.